The van der Waals surface area contributed by atoms with Gasteiger partial charge in [-0.05, 0) is 26.2 Å². The Morgan fingerprint density at radius 1 is 1.28 bits per heavy atom. The van der Waals surface area contributed by atoms with Crippen LogP contribution in [0, 0.1) is 0 Å². The number of hydrogen-bond donors (Lipinski definition) is 0. The molecule has 1 aliphatic carbocycles. The summed E-state index contributed by atoms with van der Waals surface area (Å²) in [4.78, 5) is 2.41. The lowest BCUT2D eigenvalue weighted by Gasteiger charge is -2.43. The van der Waals surface area contributed by atoms with Gasteiger partial charge in [-0.2, -0.15) is 8.42 Å². The Morgan fingerprint density at radius 3 is 2.44 bits per heavy atom. The van der Waals surface area contributed by atoms with Crippen LogP contribution in [0.25, 0.3) is 0 Å². The molecule has 5 heteroatoms. The molecule has 0 aromatic heterocycles. The molecule has 0 spiro atoms. The topological polar surface area (TPSA) is 46.6 Å². The van der Waals surface area contributed by atoms with Gasteiger partial charge in [-0.15, -0.1) is 0 Å². The van der Waals surface area contributed by atoms with Gasteiger partial charge in [-0.25, -0.2) is 0 Å². The smallest absolute Gasteiger partial charge is 0.264 e. The second-order valence-electron chi connectivity index (χ2n) is 5.34. The van der Waals surface area contributed by atoms with Gasteiger partial charge in [0.1, 0.15) is 0 Å². The fourth-order valence-electron chi connectivity index (χ4n) is 2.66. The lowest BCUT2D eigenvalue weighted by molar-refractivity contribution is 0.0576. The standard InChI is InChI=1S/C13H21NO3S/c1-13(8-4-3-5-9-13)14-10-6-12(7-11-14)17-18(2,15)16/h3-5,8,12H,6-7,9-11H2,1-2H3. The van der Waals surface area contributed by atoms with Crippen molar-refractivity contribution in [1.82, 2.24) is 4.90 Å². The Labute approximate surface area is 109 Å². The van der Waals surface area contributed by atoms with E-state index in [4.69, 9.17) is 4.18 Å². The van der Waals surface area contributed by atoms with Crippen molar-refractivity contribution in [1.29, 1.82) is 0 Å². The summed E-state index contributed by atoms with van der Waals surface area (Å²) >= 11 is 0. The highest BCUT2D eigenvalue weighted by molar-refractivity contribution is 7.86. The molecule has 102 valence electrons. The molecule has 0 N–H and O–H groups in total. The van der Waals surface area contributed by atoms with Gasteiger partial charge in [0.25, 0.3) is 10.1 Å². The molecule has 0 saturated carbocycles. The van der Waals surface area contributed by atoms with Gasteiger partial charge in [-0.1, -0.05) is 24.3 Å². The van der Waals surface area contributed by atoms with Crippen molar-refractivity contribution in [2.75, 3.05) is 19.3 Å². The number of rotatable bonds is 3. The Balaban J connectivity index is 1.91. The second-order valence-corrected chi connectivity index (χ2v) is 6.94. The third-order valence-electron chi connectivity index (χ3n) is 3.71. The van der Waals surface area contributed by atoms with E-state index in [9.17, 15) is 8.42 Å². The van der Waals surface area contributed by atoms with Crippen LogP contribution in [-0.4, -0.2) is 44.3 Å². The molecular formula is C13H21NO3S. The first-order valence-electron chi connectivity index (χ1n) is 6.37. The minimum absolute atomic E-state index is 0.0742. The Hall–Kier alpha value is -0.650. The minimum atomic E-state index is -3.32. The molecule has 0 radical (unpaired) electrons. The molecule has 1 heterocycles. The van der Waals surface area contributed by atoms with E-state index in [1.807, 2.05) is 0 Å². The number of nitrogens with zero attached hydrogens (tertiary/aromatic N) is 1. The zero-order chi connectivity index (χ0) is 13.2. The molecular weight excluding hydrogens is 250 g/mol. The Kier molecular flexibility index (Phi) is 3.94. The van der Waals surface area contributed by atoms with E-state index in [2.05, 4.69) is 36.1 Å². The van der Waals surface area contributed by atoms with E-state index >= 15 is 0 Å². The molecule has 0 aromatic carbocycles. The second kappa shape index (κ2) is 5.15. The van der Waals surface area contributed by atoms with Crippen LogP contribution in [0.2, 0.25) is 0 Å². The summed E-state index contributed by atoms with van der Waals surface area (Å²) in [7, 11) is -3.32. The van der Waals surface area contributed by atoms with Gasteiger partial charge in [-0.3, -0.25) is 9.08 Å². The first kappa shape index (κ1) is 13.8. The summed E-state index contributed by atoms with van der Waals surface area (Å²) in [6.45, 7) is 3.99. The van der Waals surface area contributed by atoms with E-state index in [1.165, 1.54) is 0 Å². The van der Waals surface area contributed by atoms with Gasteiger partial charge in [0.05, 0.1) is 12.4 Å². The predicted molar refractivity (Wildman–Crippen MR) is 71.8 cm³/mol. The summed E-state index contributed by atoms with van der Waals surface area (Å²) < 4.78 is 27.2. The predicted octanol–water partition coefficient (Wildman–Crippen LogP) is 1.70. The van der Waals surface area contributed by atoms with Gasteiger partial charge in [0, 0.05) is 18.6 Å². The molecule has 1 saturated heterocycles. The monoisotopic (exact) mass is 271 g/mol. The van der Waals surface area contributed by atoms with Crippen LogP contribution >= 0.6 is 0 Å². The summed E-state index contributed by atoms with van der Waals surface area (Å²) in [5.74, 6) is 0. The summed E-state index contributed by atoms with van der Waals surface area (Å²) in [6, 6.07) is 0. The average molecular weight is 271 g/mol. The maximum Gasteiger partial charge on any atom is 0.264 e. The van der Waals surface area contributed by atoms with Gasteiger partial charge in [0.2, 0.25) is 0 Å². The van der Waals surface area contributed by atoms with E-state index in [0.29, 0.717) is 0 Å². The van der Waals surface area contributed by atoms with Crippen molar-refractivity contribution < 1.29 is 12.6 Å². The molecule has 2 rings (SSSR count). The molecule has 4 nitrogen and oxygen atoms in total. The third-order valence-corrected chi connectivity index (χ3v) is 4.33. The van der Waals surface area contributed by atoms with Crippen molar-refractivity contribution in [2.24, 2.45) is 0 Å². The number of allylic oxidation sites excluding steroid dienone is 2. The van der Waals surface area contributed by atoms with Gasteiger partial charge < -0.3 is 0 Å². The molecule has 1 unspecified atom stereocenters. The third kappa shape index (κ3) is 3.43. The zero-order valence-electron chi connectivity index (χ0n) is 11.0. The van der Waals surface area contributed by atoms with E-state index < -0.39 is 10.1 Å². The molecule has 0 bridgehead atoms. The van der Waals surface area contributed by atoms with Gasteiger partial charge >= 0.3 is 0 Å². The molecule has 1 aliphatic heterocycles. The first-order chi connectivity index (χ1) is 8.39. The zero-order valence-corrected chi connectivity index (χ0v) is 11.8. The molecule has 0 aromatic rings. The SMILES string of the molecule is CC1(N2CCC(OS(C)(=O)=O)CC2)C=CC=CC1. The molecule has 1 fully saturated rings. The van der Waals surface area contributed by atoms with Crippen LogP contribution in [0.5, 0.6) is 0 Å². The van der Waals surface area contributed by atoms with Crippen LogP contribution in [0.1, 0.15) is 26.2 Å². The van der Waals surface area contributed by atoms with E-state index in [0.717, 1.165) is 38.6 Å². The fraction of sp³-hybridized carbons (Fsp3) is 0.692. The number of piperidine rings is 1. The normalized spacial score (nSPS) is 30.8. The summed E-state index contributed by atoms with van der Waals surface area (Å²) in [6.07, 6.45) is 12.1. The van der Waals surface area contributed by atoms with Crippen molar-refractivity contribution in [3.8, 4) is 0 Å². The van der Waals surface area contributed by atoms with Crippen molar-refractivity contribution in [3.63, 3.8) is 0 Å². The lowest BCUT2D eigenvalue weighted by Crippen LogP contribution is -2.50. The number of likely N-dealkylation sites (tertiary alicyclic amines) is 1. The number of hydrogen-bond acceptors (Lipinski definition) is 4. The quantitative estimate of drug-likeness (QED) is 0.733. The molecule has 0 amide bonds. The van der Waals surface area contributed by atoms with Crippen molar-refractivity contribution in [3.05, 3.63) is 24.3 Å². The van der Waals surface area contributed by atoms with E-state index in [-0.39, 0.29) is 11.6 Å². The highest BCUT2D eigenvalue weighted by Crippen LogP contribution is 2.29. The lowest BCUT2D eigenvalue weighted by atomic mass is 9.89. The largest absolute Gasteiger partial charge is 0.294 e. The van der Waals surface area contributed by atoms with Crippen LogP contribution in [0.4, 0.5) is 0 Å². The van der Waals surface area contributed by atoms with Crippen LogP contribution in [0.3, 0.4) is 0 Å². The maximum atomic E-state index is 11.1. The first-order valence-corrected chi connectivity index (χ1v) is 8.18. The minimum Gasteiger partial charge on any atom is -0.294 e. The molecule has 1 atom stereocenters. The van der Waals surface area contributed by atoms with Crippen LogP contribution in [-0.2, 0) is 14.3 Å². The van der Waals surface area contributed by atoms with Crippen LogP contribution in [0.15, 0.2) is 24.3 Å². The average Bonchev–Trinajstić information content (AvgIpc) is 2.28. The fourth-order valence-corrected chi connectivity index (χ4v) is 3.35. The van der Waals surface area contributed by atoms with E-state index in [1.54, 1.807) is 0 Å². The van der Waals surface area contributed by atoms with Crippen molar-refractivity contribution in [2.45, 2.75) is 37.8 Å². The molecule has 2 aliphatic rings. The maximum absolute atomic E-state index is 11.1. The Morgan fingerprint density at radius 2 is 1.94 bits per heavy atom. The molecule has 18 heavy (non-hydrogen) atoms. The van der Waals surface area contributed by atoms with Crippen LogP contribution < -0.4 is 0 Å². The summed E-state index contributed by atoms with van der Waals surface area (Å²) in [5.41, 5.74) is 0.0742. The Bertz CT molecular complexity index is 447. The highest BCUT2D eigenvalue weighted by Gasteiger charge is 2.33. The highest BCUT2D eigenvalue weighted by atomic mass is 32.2. The summed E-state index contributed by atoms with van der Waals surface area (Å²) in [5, 5.41) is 0. The van der Waals surface area contributed by atoms with Crippen molar-refractivity contribution >= 4 is 10.1 Å². The van der Waals surface area contributed by atoms with Gasteiger partial charge in [0.15, 0.2) is 0 Å².